The first-order valence-electron chi connectivity index (χ1n) is 2.96. The number of nitrogens with two attached hydrogens (primary N) is 1. The van der Waals surface area contributed by atoms with Gasteiger partial charge in [-0.1, -0.05) is 0 Å². The third-order valence-electron chi connectivity index (χ3n) is 1.58. The molecule has 1 aliphatic heterocycles. The van der Waals surface area contributed by atoms with E-state index in [2.05, 4.69) is 0 Å². The highest BCUT2D eigenvalue weighted by molar-refractivity contribution is 5.85. The Morgan fingerprint density at radius 3 is 2.50 bits per heavy atom. The van der Waals surface area contributed by atoms with Crippen LogP contribution in [0.4, 0.5) is 0 Å². The second-order valence-corrected chi connectivity index (χ2v) is 2.23. The molecule has 10 heavy (non-hydrogen) atoms. The Labute approximate surface area is 65.4 Å². The number of nitrogens with zero attached hydrogens (tertiary/aromatic N) is 1. The Kier molecular flexibility index (Phi) is 3.63. The molecule has 0 aromatic heterocycles. The SMILES string of the molecule is Cl.NN1CCCC1C(=O)O. The zero-order valence-corrected chi connectivity index (χ0v) is 6.30. The molecular formula is C5H11ClN2O2. The van der Waals surface area contributed by atoms with Crippen molar-refractivity contribution < 1.29 is 9.90 Å². The van der Waals surface area contributed by atoms with Crippen LogP contribution in [0.25, 0.3) is 0 Å². The monoisotopic (exact) mass is 166 g/mol. The Bertz CT molecular complexity index is 131. The standard InChI is InChI=1S/C5H10N2O2.ClH/c6-7-3-1-2-4(7)5(8)9;/h4H,1-3,6H2,(H,8,9);1H. The quantitative estimate of drug-likeness (QED) is 0.531. The van der Waals surface area contributed by atoms with Crippen LogP contribution in [0, 0.1) is 0 Å². The molecule has 3 N–H and O–H groups in total. The maximum Gasteiger partial charge on any atom is 0.322 e. The molecule has 4 nitrogen and oxygen atoms in total. The van der Waals surface area contributed by atoms with Crippen molar-refractivity contribution in [1.29, 1.82) is 0 Å². The molecule has 0 aromatic rings. The molecule has 60 valence electrons. The van der Waals surface area contributed by atoms with Crippen LogP contribution in [0.3, 0.4) is 0 Å². The van der Waals surface area contributed by atoms with E-state index >= 15 is 0 Å². The van der Waals surface area contributed by atoms with Crippen LogP contribution in [-0.4, -0.2) is 28.7 Å². The van der Waals surface area contributed by atoms with Gasteiger partial charge in [-0.25, -0.2) is 5.01 Å². The number of hydrogen-bond acceptors (Lipinski definition) is 3. The molecule has 0 aromatic carbocycles. The lowest BCUT2D eigenvalue weighted by atomic mass is 10.2. The minimum absolute atomic E-state index is 0. The largest absolute Gasteiger partial charge is 0.480 e. The number of aliphatic carboxylic acids is 1. The van der Waals surface area contributed by atoms with E-state index in [0.29, 0.717) is 13.0 Å². The summed E-state index contributed by atoms with van der Waals surface area (Å²) < 4.78 is 0. The van der Waals surface area contributed by atoms with Gasteiger partial charge in [0.25, 0.3) is 0 Å². The molecule has 0 amide bonds. The average molecular weight is 167 g/mol. The molecule has 1 fully saturated rings. The highest BCUT2D eigenvalue weighted by Gasteiger charge is 2.27. The van der Waals surface area contributed by atoms with E-state index < -0.39 is 12.0 Å². The first-order valence-corrected chi connectivity index (χ1v) is 2.96. The second kappa shape index (κ2) is 3.75. The zero-order chi connectivity index (χ0) is 6.85. The van der Waals surface area contributed by atoms with Crippen molar-refractivity contribution in [2.24, 2.45) is 5.84 Å². The van der Waals surface area contributed by atoms with E-state index in [9.17, 15) is 4.79 Å². The highest BCUT2D eigenvalue weighted by atomic mass is 35.5. The number of carbonyl (C=O) groups is 1. The van der Waals surface area contributed by atoms with Gasteiger partial charge in [0, 0.05) is 6.54 Å². The van der Waals surface area contributed by atoms with Crippen molar-refractivity contribution in [3.63, 3.8) is 0 Å². The molecule has 5 heteroatoms. The summed E-state index contributed by atoms with van der Waals surface area (Å²) in [7, 11) is 0. The molecule has 1 rings (SSSR count). The molecule has 1 saturated heterocycles. The van der Waals surface area contributed by atoms with Crippen molar-refractivity contribution in [3.05, 3.63) is 0 Å². The predicted octanol–water partition coefficient (Wildman–Crippen LogP) is -0.169. The minimum Gasteiger partial charge on any atom is -0.480 e. The van der Waals surface area contributed by atoms with Gasteiger partial charge in [-0.3, -0.25) is 10.6 Å². The number of carboxylic acids is 1. The third kappa shape index (κ3) is 1.83. The summed E-state index contributed by atoms with van der Waals surface area (Å²) in [5.41, 5.74) is 0. The van der Waals surface area contributed by atoms with Crippen LogP contribution in [0.2, 0.25) is 0 Å². The van der Waals surface area contributed by atoms with Crippen LogP contribution < -0.4 is 5.84 Å². The lowest BCUT2D eigenvalue weighted by Crippen LogP contribution is -2.40. The first-order chi connectivity index (χ1) is 4.22. The van der Waals surface area contributed by atoms with Crippen LogP contribution >= 0.6 is 12.4 Å². The third-order valence-corrected chi connectivity index (χ3v) is 1.58. The van der Waals surface area contributed by atoms with E-state index in [1.54, 1.807) is 0 Å². The lowest BCUT2D eigenvalue weighted by Gasteiger charge is -2.12. The van der Waals surface area contributed by atoms with E-state index in [0.717, 1.165) is 6.42 Å². The fourth-order valence-corrected chi connectivity index (χ4v) is 1.05. The van der Waals surface area contributed by atoms with Crippen molar-refractivity contribution in [2.75, 3.05) is 6.54 Å². The second-order valence-electron chi connectivity index (χ2n) is 2.23. The minimum atomic E-state index is -0.810. The van der Waals surface area contributed by atoms with Crippen LogP contribution in [0.15, 0.2) is 0 Å². The fourth-order valence-electron chi connectivity index (χ4n) is 1.05. The Morgan fingerprint density at radius 1 is 1.70 bits per heavy atom. The Hall–Kier alpha value is -0.320. The summed E-state index contributed by atoms with van der Waals surface area (Å²) in [6.07, 6.45) is 1.58. The van der Waals surface area contributed by atoms with Gasteiger partial charge in [-0.05, 0) is 12.8 Å². The highest BCUT2D eigenvalue weighted by Crippen LogP contribution is 2.12. The van der Waals surface area contributed by atoms with E-state index in [1.807, 2.05) is 0 Å². The van der Waals surface area contributed by atoms with Crippen LogP contribution in [0.5, 0.6) is 0 Å². The van der Waals surface area contributed by atoms with Crippen molar-refractivity contribution in [1.82, 2.24) is 5.01 Å². The number of halogens is 1. The van der Waals surface area contributed by atoms with E-state index in [1.165, 1.54) is 5.01 Å². The van der Waals surface area contributed by atoms with Gasteiger partial charge in [0.05, 0.1) is 0 Å². The number of hydrogen-bond donors (Lipinski definition) is 2. The lowest BCUT2D eigenvalue weighted by molar-refractivity contribution is -0.142. The molecule has 1 unspecified atom stereocenters. The Morgan fingerprint density at radius 2 is 2.30 bits per heavy atom. The summed E-state index contributed by atoms with van der Waals surface area (Å²) in [5, 5.41) is 9.84. The molecule has 0 radical (unpaired) electrons. The number of hydrazine groups is 1. The van der Waals surface area contributed by atoms with Crippen LogP contribution in [0.1, 0.15) is 12.8 Å². The van der Waals surface area contributed by atoms with Crippen LogP contribution in [-0.2, 0) is 4.79 Å². The van der Waals surface area contributed by atoms with E-state index in [4.69, 9.17) is 10.9 Å². The molecule has 0 spiro atoms. The Balaban J connectivity index is 0.000000810. The molecule has 0 aliphatic carbocycles. The average Bonchev–Trinajstić information content (AvgIpc) is 2.13. The smallest absolute Gasteiger partial charge is 0.322 e. The fraction of sp³-hybridized carbons (Fsp3) is 0.800. The molecule has 1 atom stereocenters. The summed E-state index contributed by atoms with van der Waals surface area (Å²) in [6.45, 7) is 0.705. The van der Waals surface area contributed by atoms with Gasteiger partial charge in [0.2, 0.25) is 0 Å². The molecule has 1 aliphatic rings. The number of rotatable bonds is 1. The zero-order valence-electron chi connectivity index (χ0n) is 5.49. The first kappa shape index (κ1) is 9.68. The maximum absolute atomic E-state index is 10.3. The van der Waals surface area contributed by atoms with Crippen molar-refractivity contribution in [2.45, 2.75) is 18.9 Å². The van der Waals surface area contributed by atoms with Gasteiger partial charge >= 0.3 is 5.97 Å². The summed E-state index contributed by atoms with van der Waals surface area (Å²) in [6, 6.07) is -0.440. The number of carboxylic acid groups (broad SMARTS) is 1. The van der Waals surface area contributed by atoms with Gasteiger partial charge in [-0.2, -0.15) is 0 Å². The van der Waals surface area contributed by atoms with Gasteiger partial charge in [0.15, 0.2) is 0 Å². The van der Waals surface area contributed by atoms with Gasteiger partial charge in [-0.15, -0.1) is 12.4 Å². The molecule has 0 saturated carbocycles. The maximum atomic E-state index is 10.3. The molecular weight excluding hydrogens is 156 g/mol. The van der Waals surface area contributed by atoms with Gasteiger partial charge in [0.1, 0.15) is 6.04 Å². The summed E-state index contributed by atoms with van der Waals surface area (Å²) >= 11 is 0. The van der Waals surface area contributed by atoms with Crippen molar-refractivity contribution in [3.8, 4) is 0 Å². The summed E-state index contributed by atoms with van der Waals surface area (Å²) in [4.78, 5) is 10.3. The van der Waals surface area contributed by atoms with Gasteiger partial charge < -0.3 is 5.11 Å². The summed E-state index contributed by atoms with van der Waals surface area (Å²) in [5.74, 6) is 4.52. The van der Waals surface area contributed by atoms with E-state index in [-0.39, 0.29) is 12.4 Å². The topological polar surface area (TPSA) is 66.6 Å². The normalized spacial score (nSPS) is 25.9. The molecule has 1 heterocycles. The van der Waals surface area contributed by atoms with Crippen molar-refractivity contribution >= 4 is 18.4 Å². The molecule has 0 bridgehead atoms. The predicted molar refractivity (Wildman–Crippen MR) is 38.8 cm³/mol.